The summed E-state index contributed by atoms with van der Waals surface area (Å²) in [5.74, 6) is 0.710. The van der Waals surface area contributed by atoms with Crippen LogP contribution in [-0.4, -0.2) is 13.3 Å². The molecular weight excluding hydrogens is 391 g/mol. The fraction of sp³-hybridized carbons (Fsp3) is 0.143. The molecule has 0 spiro atoms. The normalized spacial score (nSPS) is 14.8. The van der Waals surface area contributed by atoms with E-state index in [1.807, 2.05) is 0 Å². The minimum atomic E-state index is -3.64. The largest absolute Gasteiger partial charge is 2.00 e. The third-order valence-corrected chi connectivity index (χ3v) is 3.11. The first-order chi connectivity index (χ1) is 10.2. The van der Waals surface area contributed by atoms with E-state index < -0.39 is 15.2 Å². The molecule has 0 bridgehead atoms. The number of para-hydroxylation sites is 2. The van der Waals surface area contributed by atoms with Crippen LogP contribution in [0.15, 0.2) is 60.7 Å². The van der Waals surface area contributed by atoms with Crippen LogP contribution in [0.25, 0.3) is 0 Å². The van der Waals surface area contributed by atoms with Crippen molar-refractivity contribution < 1.29 is 47.4 Å². The summed E-state index contributed by atoms with van der Waals surface area (Å²) in [6.45, 7) is 2.08. The van der Waals surface area contributed by atoms with Crippen molar-refractivity contribution in [1.82, 2.24) is 0 Å². The van der Waals surface area contributed by atoms with Crippen molar-refractivity contribution in [3.63, 3.8) is 0 Å². The molecule has 0 radical (unpaired) electrons. The molecule has 120 valence electrons. The average molecular weight is 408 g/mol. The maximum Gasteiger partial charge on any atom is 2.00 e. The average Bonchev–Trinajstić information content (AvgIpc) is 2.38. The van der Waals surface area contributed by atoms with Gasteiger partial charge in [-0.3, -0.25) is 9.13 Å². The van der Waals surface area contributed by atoms with Gasteiger partial charge in [-0.25, -0.2) is 0 Å². The van der Waals surface area contributed by atoms with Crippen LogP contribution in [0.3, 0.4) is 0 Å². The van der Waals surface area contributed by atoms with Gasteiger partial charge in [0.2, 0.25) is 0 Å². The molecule has 6 nitrogen and oxygen atoms in total. The second-order valence-electron chi connectivity index (χ2n) is 4.35. The SMILES string of the molecule is CP(=O)([O-])Oc1ccccc1.CP(=O)([O-])Oc1ccccc1.[Zn+2]. The molecule has 2 unspecified atom stereocenters. The molecule has 2 rings (SSSR count). The summed E-state index contributed by atoms with van der Waals surface area (Å²) in [6.07, 6.45) is 0. The fourth-order valence-electron chi connectivity index (χ4n) is 1.35. The Morgan fingerprint density at radius 3 is 1.17 bits per heavy atom. The van der Waals surface area contributed by atoms with Gasteiger partial charge in [-0.15, -0.1) is 0 Å². The molecule has 0 aromatic heterocycles. The molecule has 0 N–H and O–H groups in total. The van der Waals surface area contributed by atoms with E-state index >= 15 is 0 Å². The third-order valence-electron chi connectivity index (χ3n) is 2.03. The minimum Gasteiger partial charge on any atom is -0.769 e. The summed E-state index contributed by atoms with van der Waals surface area (Å²) in [6, 6.07) is 16.8. The van der Waals surface area contributed by atoms with Gasteiger partial charge in [0.25, 0.3) is 0 Å². The van der Waals surface area contributed by atoms with Crippen LogP contribution in [0.1, 0.15) is 0 Å². The van der Waals surface area contributed by atoms with Crippen LogP contribution in [0, 0.1) is 0 Å². The summed E-state index contributed by atoms with van der Waals surface area (Å²) in [5.41, 5.74) is 0. The van der Waals surface area contributed by atoms with E-state index in [9.17, 15) is 18.9 Å². The second kappa shape index (κ2) is 10.0. The number of rotatable bonds is 4. The van der Waals surface area contributed by atoms with E-state index in [2.05, 4.69) is 9.05 Å². The van der Waals surface area contributed by atoms with Crippen molar-refractivity contribution in [2.75, 3.05) is 13.3 Å². The van der Waals surface area contributed by atoms with Crippen LogP contribution in [0.5, 0.6) is 11.5 Å². The standard InChI is InChI=1S/2C7H9O3P.Zn/c2*1-11(8,9)10-7-5-3-2-4-6-7;/h2*2-6H,1H3,(H,8,9);/q;;+2/p-2. The number of hydrogen-bond acceptors (Lipinski definition) is 6. The van der Waals surface area contributed by atoms with Gasteiger partial charge in [0.1, 0.15) is 11.5 Å². The van der Waals surface area contributed by atoms with Gasteiger partial charge in [0, 0.05) is 13.3 Å². The molecule has 2 aromatic carbocycles. The maximum atomic E-state index is 10.6. The van der Waals surface area contributed by atoms with Gasteiger partial charge in [0.15, 0.2) is 15.2 Å². The third kappa shape index (κ3) is 12.2. The number of benzene rings is 2. The Labute approximate surface area is 148 Å². The summed E-state index contributed by atoms with van der Waals surface area (Å²) >= 11 is 0. The quantitative estimate of drug-likeness (QED) is 0.570. The predicted molar refractivity (Wildman–Crippen MR) is 81.2 cm³/mol. The zero-order valence-corrected chi connectivity index (χ0v) is 17.6. The van der Waals surface area contributed by atoms with Crippen LogP contribution in [0.4, 0.5) is 0 Å². The predicted octanol–water partition coefficient (Wildman–Crippen LogP) is 2.49. The molecule has 0 aliphatic rings. The van der Waals surface area contributed by atoms with E-state index in [1.165, 1.54) is 0 Å². The molecule has 23 heavy (non-hydrogen) atoms. The van der Waals surface area contributed by atoms with Crippen molar-refractivity contribution in [2.24, 2.45) is 0 Å². The monoisotopic (exact) mass is 406 g/mol. The molecule has 0 amide bonds. The van der Waals surface area contributed by atoms with Crippen molar-refractivity contribution in [2.45, 2.75) is 0 Å². The first kappa shape index (κ1) is 22.0. The summed E-state index contributed by atoms with van der Waals surface area (Å²) in [7, 11) is -7.28. The summed E-state index contributed by atoms with van der Waals surface area (Å²) in [5, 5.41) is 0. The molecule has 2 atom stereocenters. The Hall–Kier alpha value is -0.957. The van der Waals surface area contributed by atoms with Crippen molar-refractivity contribution >= 4 is 15.2 Å². The molecular formula is C14H16O6P2Zn. The minimum absolute atomic E-state index is 0. The first-order valence-corrected chi connectivity index (χ1v) is 10.2. The molecule has 0 aliphatic carbocycles. The summed E-state index contributed by atoms with van der Waals surface area (Å²) < 4.78 is 30.4. The Kier molecular flexibility index (Phi) is 9.61. The summed E-state index contributed by atoms with van der Waals surface area (Å²) in [4.78, 5) is 21.2. The van der Waals surface area contributed by atoms with E-state index in [-0.39, 0.29) is 19.5 Å². The van der Waals surface area contributed by atoms with Crippen molar-refractivity contribution in [3.8, 4) is 11.5 Å². The molecule has 0 saturated carbocycles. The Morgan fingerprint density at radius 2 is 0.957 bits per heavy atom. The number of hydrogen-bond donors (Lipinski definition) is 0. The van der Waals surface area contributed by atoms with Crippen LogP contribution in [0.2, 0.25) is 0 Å². The molecule has 0 fully saturated rings. The van der Waals surface area contributed by atoms with E-state index in [4.69, 9.17) is 0 Å². The first-order valence-electron chi connectivity index (χ1n) is 6.22. The molecule has 0 aliphatic heterocycles. The van der Waals surface area contributed by atoms with E-state index in [0.29, 0.717) is 11.5 Å². The topological polar surface area (TPSA) is 98.7 Å². The Balaban J connectivity index is 0.000000403. The van der Waals surface area contributed by atoms with Gasteiger partial charge in [-0.2, -0.15) is 0 Å². The van der Waals surface area contributed by atoms with Crippen LogP contribution >= 0.6 is 15.2 Å². The second-order valence-corrected chi connectivity index (χ2v) is 7.80. The molecule has 0 heterocycles. The van der Waals surface area contributed by atoms with Gasteiger partial charge in [0.05, 0.1) is 0 Å². The maximum absolute atomic E-state index is 10.6. The zero-order valence-electron chi connectivity index (χ0n) is 12.8. The zero-order chi connectivity index (χ0) is 16.6. The smallest absolute Gasteiger partial charge is 0.769 e. The molecule has 9 heteroatoms. The molecule has 2 aromatic rings. The Morgan fingerprint density at radius 1 is 0.696 bits per heavy atom. The van der Waals surface area contributed by atoms with E-state index in [0.717, 1.165) is 13.3 Å². The van der Waals surface area contributed by atoms with Crippen LogP contribution in [-0.2, 0) is 28.6 Å². The van der Waals surface area contributed by atoms with Crippen molar-refractivity contribution in [1.29, 1.82) is 0 Å². The van der Waals surface area contributed by atoms with Gasteiger partial charge >= 0.3 is 19.5 Å². The van der Waals surface area contributed by atoms with E-state index in [1.54, 1.807) is 60.7 Å². The van der Waals surface area contributed by atoms with Gasteiger partial charge in [-0.1, -0.05) is 36.4 Å². The van der Waals surface area contributed by atoms with Gasteiger partial charge < -0.3 is 18.8 Å². The van der Waals surface area contributed by atoms with Gasteiger partial charge in [-0.05, 0) is 24.3 Å². The molecule has 0 saturated heterocycles. The van der Waals surface area contributed by atoms with Crippen molar-refractivity contribution in [3.05, 3.63) is 60.7 Å². The Bertz CT molecular complexity index is 594. The fourth-order valence-corrected chi connectivity index (χ4v) is 2.35. The van der Waals surface area contributed by atoms with Crippen LogP contribution < -0.4 is 18.8 Å².